The van der Waals surface area contributed by atoms with Gasteiger partial charge in [-0.05, 0) is 17.4 Å². The first-order chi connectivity index (χ1) is 5.00. The number of aliphatic imine (C=N–C) groups is 1. The molecule has 0 aliphatic carbocycles. The summed E-state index contributed by atoms with van der Waals surface area (Å²) in [5.74, 6) is 1.01. The summed E-state index contributed by atoms with van der Waals surface area (Å²) < 4.78 is 0. The summed E-state index contributed by atoms with van der Waals surface area (Å²) in [6.45, 7) is 12.6. The number of hydrogen-bond donors (Lipinski definition) is 0. The average molecular weight is 153 g/mol. The molecule has 0 fully saturated rings. The van der Waals surface area contributed by atoms with Gasteiger partial charge in [0.1, 0.15) is 0 Å². The zero-order valence-corrected chi connectivity index (χ0v) is 8.31. The molecule has 0 amide bonds. The van der Waals surface area contributed by atoms with Gasteiger partial charge in [-0.2, -0.15) is 0 Å². The van der Waals surface area contributed by atoms with Crippen molar-refractivity contribution in [3.05, 3.63) is 12.2 Å². The van der Waals surface area contributed by atoms with Crippen molar-refractivity contribution in [3.8, 4) is 0 Å². The normalized spacial score (nSPS) is 12.8. The molecule has 0 heterocycles. The van der Waals surface area contributed by atoms with Crippen molar-refractivity contribution in [3.63, 3.8) is 0 Å². The molecule has 0 radical (unpaired) electrons. The Hall–Kier alpha value is -0.590. The van der Waals surface area contributed by atoms with Gasteiger partial charge in [-0.15, -0.1) is 0 Å². The Morgan fingerprint density at radius 2 is 1.55 bits per heavy atom. The van der Waals surface area contributed by atoms with Crippen LogP contribution < -0.4 is 0 Å². The van der Waals surface area contributed by atoms with Crippen LogP contribution in [0.2, 0.25) is 0 Å². The minimum absolute atomic E-state index is 0.495. The summed E-state index contributed by atoms with van der Waals surface area (Å²) in [6.07, 6.45) is 0. The molecule has 1 heteroatoms. The van der Waals surface area contributed by atoms with E-state index in [9.17, 15) is 0 Å². The molecule has 11 heavy (non-hydrogen) atoms. The van der Waals surface area contributed by atoms with Gasteiger partial charge < -0.3 is 0 Å². The first kappa shape index (κ1) is 10.4. The summed E-state index contributed by atoms with van der Waals surface area (Å²) in [5.41, 5.74) is 2.32. The van der Waals surface area contributed by atoms with E-state index in [1.165, 1.54) is 5.57 Å². The van der Waals surface area contributed by atoms with E-state index in [4.69, 9.17) is 0 Å². The maximum Gasteiger partial charge on any atom is 0.0398 e. The highest BCUT2D eigenvalue weighted by molar-refractivity contribution is 6.01. The van der Waals surface area contributed by atoms with Crippen molar-refractivity contribution in [1.29, 1.82) is 0 Å². The van der Waals surface area contributed by atoms with E-state index in [2.05, 4.69) is 39.3 Å². The second-order valence-corrected chi connectivity index (χ2v) is 3.44. The zero-order chi connectivity index (χ0) is 9.02. The van der Waals surface area contributed by atoms with Crippen LogP contribution in [-0.2, 0) is 0 Å². The maximum atomic E-state index is 4.23. The minimum Gasteiger partial charge on any atom is -0.293 e. The van der Waals surface area contributed by atoms with Crippen molar-refractivity contribution < 1.29 is 0 Å². The van der Waals surface area contributed by atoms with Crippen LogP contribution in [0.15, 0.2) is 17.1 Å². The van der Waals surface area contributed by atoms with Crippen molar-refractivity contribution >= 4 is 5.71 Å². The Morgan fingerprint density at radius 3 is 1.64 bits per heavy atom. The van der Waals surface area contributed by atoms with E-state index in [0.717, 1.165) is 5.71 Å². The van der Waals surface area contributed by atoms with Crippen LogP contribution in [0.25, 0.3) is 0 Å². The molecule has 0 rings (SSSR count). The quantitative estimate of drug-likeness (QED) is 0.553. The number of allylic oxidation sites excluding steroid dienone is 1. The lowest BCUT2D eigenvalue weighted by molar-refractivity contribution is 0.776. The molecule has 0 aliphatic rings. The van der Waals surface area contributed by atoms with E-state index in [1.54, 1.807) is 0 Å². The molecule has 0 spiro atoms. The number of rotatable bonds is 3. The standard InChI is InChI=1S/C10H19N/c1-7(2)9(5)10(11-6)8(3)4/h7-8H,5H2,1-4,6H3. The molecular weight excluding hydrogens is 134 g/mol. The van der Waals surface area contributed by atoms with E-state index in [-0.39, 0.29) is 0 Å². The van der Waals surface area contributed by atoms with E-state index >= 15 is 0 Å². The largest absolute Gasteiger partial charge is 0.293 e. The Balaban J connectivity index is 4.42. The predicted octanol–water partition coefficient (Wildman–Crippen LogP) is 2.93. The summed E-state index contributed by atoms with van der Waals surface area (Å²) in [5, 5.41) is 0. The molecule has 64 valence electrons. The van der Waals surface area contributed by atoms with E-state index < -0.39 is 0 Å². The molecule has 0 atom stereocenters. The van der Waals surface area contributed by atoms with Crippen molar-refractivity contribution in [2.75, 3.05) is 7.05 Å². The van der Waals surface area contributed by atoms with Gasteiger partial charge in [-0.3, -0.25) is 4.99 Å². The number of nitrogens with zero attached hydrogens (tertiary/aromatic N) is 1. The molecule has 0 aliphatic heterocycles. The SMILES string of the molecule is C=C(C(=NC)C(C)C)C(C)C. The molecule has 0 saturated carbocycles. The first-order valence-corrected chi connectivity index (χ1v) is 4.16. The second-order valence-electron chi connectivity index (χ2n) is 3.44. The van der Waals surface area contributed by atoms with Crippen LogP contribution >= 0.6 is 0 Å². The molecule has 0 N–H and O–H groups in total. The number of hydrogen-bond acceptors (Lipinski definition) is 1. The summed E-state index contributed by atoms with van der Waals surface area (Å²) in [4.78, 5) is 4.23. The fourth-order valence-corrected chi connectivity index (χ4v) is 1.07. The van der Waals surface area contributed by atoms with Crippen LogP contribution in [0.5, 0.6) is 0 Å². The maximum absolute atomic E-state index is 4.23. The molecule has 0 aromatic carbocycles. The summed E-state index contributed by atoms with van der Waals surface area (Å²) in [6, 6.07) is 0. The Kier molecular flexibility index (Phi) is 4.09. The fraction of sp³-hybridized carbons (Fsp3) is 0.700. The highest BCUT2D eigenvalue weighted by Crippen LogP contribution is 2.14. The summed E-state index contributed by atoms with van der Waals surface area (Å²) >= 11 is 0. The van der Waals surface area contributed by atoms with Crippen LogP contribution in [-0.4, -0.2) is 12.8 Å². The van der Waals surface area contributed by atoms with Crippen LogP contribution in [0.3, 0.4) is 0 Å². The van der Waals surface area contributed by atoms with E-state index in [0.29, 0.717) is 11.8 Å². The highest BCUT2D eigenvalue weighted by atomic mass is 14.7. The van der Waals surface area contributed by atoms with Gasteiger partial charge in [0.25, 0.3) is 0 Å². The molecule has 0 bridgehead atoms. The molecule has 1 nitrogen and oxygen atoms in total. The Labute approximate surface area is 70.2 Å². The molecule has 0 unspecified atom stereocenters. The molecule has 0 aromatic rings. The van der Waals surface area contributed by atoms with Crippen LogP contribution in [0.1, 0.15) is 27.7 Å². The first-order valence-electron chi connectivity index (χ1n) is 4.16. The topological polar surface area (TPSA) is 12.4 Å². The highest BCUT2D eigenvalue weighted by Gasteiger charge is 2.10. The van der Waals surface area contributed by atoms with Crippen molar-refractivity contribution in [2.24, 2.45) is 16.8 Å². The predicted molar refractivity (Wildman–Crippen MR) is 52.2 cm³/mol. The van der Waals surface area contributed by atoms with E-state index in [1.807, 2.05) is 7.05 Å². The van der Waals surface area contributed by atoms with Crippen molar-refractivity contribution in [1.82, 2.24) is 0 Å². The third-order valence-electron chi connectivity index (χ3n) is 1.81. The monoisotopic (exact) mass is 153 g/mol. The van der Waals surface area contributed by atoms with Gasteiger partial charge in [0.05, 0.1) is 0 Å². The van der Waals surface area contributed by atoms with Crippen molar-refractivity contribution in [2.45, 2.75) is 27.7 Å². The van der Waals surface area contributed by atoms with Gasteiger partial charge in [0.2, 0.25) is 0 Å². The van der Waals surface area contributed by atoms with Gasteiger partial charge in [0.15, 0.2) is 0 Å². The van der Waals surface area contributed by atoms with Gasteiger partial charge >= 0.3 is 0 Å². The Bertz CT molecular complexity index is 164. The van der Waals surface area contributed by atoms with Gasteiger partial charge in [-0.1, -0.05) is 34.3 Å². The zero-order valence-electron chi connectivity index (χ0n) is 8.31. The second kappa shape index (κ2) is 4.32. The lowest BCUT2D eigenvalue weighted by Crippen LogP contribution is -2.13. The molecule has 0 saturated heterocycles. The van der Waals surface area contributed by atoms with Gasteiger partial charge in [0, 0.05) is 12.8 Å². The average Bonchev–Trinajstić information content (AvgIpc) is 1.88. The lowest BCUT2D eigenvalue weighted by atomic mass is 9.93. The molecular formula is C10H19N. The molecule has 0 aromatic heterocycles. The summed E-state index contributed by atoms with van der Waals surface area (Å²) in [7, 11) is 1.84. The third kappa shape index (κ3) is 2.87. The minimum atomic E-state index is 0.495. The lowest BCUT2D eigenvalue weighted by Gasteiger charge is -2.15. The van der Waals surface area contributed by atoms with Gasteiger partial charge in [-0.25, -0.2) is 0 Å². The Morgan fingerprint density at radius 1 is 1.09 bits per heavy atom. The fourth-order valence-electron chi connectivity index (χ4n) is 1.07. The smallest absolute Gasteiger partial charge is 0.0398 e. The van der Waals surface area contributed by atoms with Crippen LogP contribution in [0.4, 0.5) is 0 Å². The third-order valence-corrected chi connectivity index (χ3v) is 1.81. The van der Waals surface area contributed by atoms with Crippen LogP contribution in [0, 0.1) is 11.8 Å².